The van der Waals surface area contributed by atoms with Crippen LogP contribution in [0.5, 0.6) is 5.75 Å². The molecule has 2 aromatic rings. The molecular formula is C20H23N3O5S. The van der Waals surface area contributed by atoms with E-state index in [0.29, 0.717) is 41.4 Å². The summed E-state index contributed by atoms with van der Waals surface area (Å²) in [7, 11) is 1.32. The number of hydrogen-bond acceptors (Lipinski definition) is 6. The van der Waals surface area contributed by atoms with Crippen LogP contribution in [0.3, 0.4) is 0 Å². The number of nitrogens with two attached hydrogens (primary N) is 1. The number of hydrogen-bond donors (Lipinski definition) is 2. The van der Waals surface area contributed by atoms with Crippen molar-refractivity contribution < 1.29 is 23.9 Å². The maximum absolute atomic E-state index is 12.7. The number of fused-ring (bicyclic) bond motifs is 1. The summed E-state index contributed by atoms with van der Waals surface area (Å²) in [5.41, 5.74) is 7.09. The van der Waals surface area contributed by atoms with Crippen LogP contribution in [-0.4, -0.2) is 42.6 Å². The first-order valence-electron chi connectivity index (χ1n) is 9.15. The summed E-state index contributed by atoms with van der Waals surface area (Å²) in [4.78, 5) is 38.9. The van der Waals surface area contributed by atoms with Crippen molar-refractivity contribution in [3.8, 4) is 5.75 Å². The van der Waals surface area contributed by atoms with Crippen LogP contribution in [0.4, 0.5) is 9.80 Å². The van der Waals surface area contributed by atoms with Crippen molar-refractivity contribution in [1.82, 2.24) is 4.90 Å². The SMILES string of the molecule is COC(=O)N1CCc2c(sc(NC(=O)c3ccc(OC(C)C)cc3)c2C(N)=O)C1. The molecule has 3 N–H and O–H groups in total. The number of methoxy groups -OCH3 is 1. The first-order chi connectivity index (χ1) is 13.8. The molecule has 1 aromatic heterocycles. The van der Waals surface area contributed by atoms with Gasteiger partial charge in [0.2, 0.25) is 0 Å². The van der Waals surface area contributed by atoms with Crippen LogP contribution in [-0.2, 0) is 17.7 Å². The van der Waals surface area contributed by atoms with Gasteiger partial charge in [0.25, 0.3) is 11.8 Å². The van der Waals surface area contributed by atoms with Gasteiger partial charge in [-0.05, 0) is 50.1 Å². The molecule has 0 spiro atoms. The van der Waals surface area contributed by atoms with Gasteiger partial charge < -0.3 is 25.4 Å². The number of ether oxygens (including phenoxy) is 2. The maximum Gasteiger partial charge on any atom is 0.409 e. The van der Waals surface area contributed by atoms with Crippen molar-refractivity contribution >= 4 is 34.2 Å². The molecule has 0 bridgehead atoms. The highest BCUT2D eigenvalue weighted by atomic mass is 32.1. The van der Waals surface area contributed by atoms with E-state index < -0.39 is 12.0 Å². The fraction of sp³-hybridized carbons (Fsp3) is 0.350. The zero-order chi connectivity index (χ0) is 21.1. The Morgan fingerprint density at radius 1 is 1.21 bits per heavy atom. The number of anilines is 1. The lowest BCUT2D eigenvalue weighted by atomic mass is 10.0. The van der Waals surface area contributed by atoms with Crippen molar-refractivity contribution in [2.45, 2.75) is 32.9 Å². The Morgan fingerprint density at radius 3 is 2.48 bits per heavy atom. The summed E-state index contributed by atoms with van der Waals surface area (Å²) in [6.07, 6.45) is 0.0739. The molecule has 29 heavy (non-hydrogen) atoms. The van der Waals surface area contributed by atoms with Gasteiger partial charge >= 0.3 is 6.09 Å². The zero-order valence-electron chi connectivity index (χ0n) is 16.5. The maximum atomic E-state index is 12.7. The minimum atomic E-state index is -0.606. The Balaban J connectivity index is 1.82. The molecule has 0 aliphatic carbocycles. The molecule has 0 unspecified atom stereocenters. The van der Waals surface area contributed by atoms with E-state index in [1.165, 1.54) is 18.4 Å². The van der Waals surface area contributed by atoms with Crippen LogP contribution in [0, 0.1) is 0 Å². The summed E-state index contributed by atoms with van der Waals surface area (Å²) in [5, 5.41) is 3.18. The number of carbonyl (C=O) groups is 3. The highest BCUT2D eigenvalue weighted by molar-refractivity contribution is 7.17. The van der Waals surface area contributed by atoms with Crippen LogP contribution in [0.2, 0.25) is 0 Å². The standard InChI is InChI=1S/C20H23N3O5S/c1-11(2)28-13-6-4-12(5-7-13)18(25)22-19-16(17(21)24)14-8-9-23(20(26)27-3)10-15(14)29-19/h4-7,11H,8-10H2,1-3H3,(H2,21,24)(H,22,25). The number of nitrogens with zero attached hydrogens (tertiary/aromatic N) is 1. The molecule has 0 fully saturated rings. The fourth-order valence-corrected chi connectivity index (χ4v) is 4.43. The Hall–Kier alpha value is -3.07. The number of nitrogens with one attached hydrogen (secondary N) is 1. The van der Waals surface area contributed by atoms with E-state index in [-0.39, 0.29) is 12.0 Å². The van der Waals surface area contributed by atoms with Gasteiger partial charge in [0, 0.05) is 17.0 Å². The lowest BCUT2D eigenvalue weighted by Gasteiger charge is -2.25. The fourth-order valence-electron chi connectivity index (χ4n) is 3.17. The molecular weight excluding hydrogens is 394 g/mol. The summed E-state index contributed by atoms with van der Waals surface area (Å²) in [5.74, 6) is -0.291. The number of thiophene rings is 1. The van der Waals surface area contributed by atoms with Crippen LogP contribution in [0.15, 0.2) is 24.3 Å². The Morgan fingerprint density at radius 2 is 1.90 bits per heavy atom. The lowest BCUT2D eigenvalue weighted by molar-refractivity contribution is 0.0999. The van der Waals surface area contributed by atoms with Crippen LogP contribution < -0.4 is 15.8 Å². The molecule has 9 heteroatoms. The summed E-state index contributed by atoms with van der Waals surface area (Å²) in [6.45, 7) is 4.57. The van der Waals surface area contributed by atoms with Crippen molar-refractivity contribution in [2.75, 3.05) is 19.0 Å². The van der Waals surface area contributed by atoms with Crippen molar-refractivity contribution in [2.24, 2.45) is 5.73 Å². The predicted molar refractivity (Wildman–Crippen MR) is 110 cm³/mol. The Labute approximate surface area is 172 Å². The highest BCUT2D eigenvalue weighted by Gasteiger charge is 2.30. The Bertz CT molecular complexity index is 936. The second-order valence-electron chi connectivity index (χ2n) is 6.86. The van der Waals surface area contributed by atoms with Crippen molar-refractivity contribution in [3.05, 3.63) is 45.8 Å². The van der Waals surface area contributed by atoms with Gasteiger partial charge in [-0.1, -0.05) is 0 Å². The third-order valence-electron chi connectivity index (χ3n) is 4.45. The lowest BCUT2D eigenvalue weighted by Crippen LogP contribution is -2.35. The molecule has 0 radical (unpaired) electrons. The summed E-state index contributed by atoms with van der Waals surface area (Å²) < 4.78 is 10.3. The van der Waals surface area contributed by atoms with E-state index in [1.54, 1.807) is 29.2 Å². The summed E-state index contributed by atoms with van der Waals surface area (Å²) in [6, 6.07) is 6.75. The quantitative estimate of drug-likeness (QED) is 0.777. The molecule has 1 aliphatic rings. The number of carbonyl (C=O) groups excluding carboxylic acids is 3. The van der Waals surface area contributed by atoms with Crippen LogP contribution >= 0.6 is 11.3 Å². The van der Waals surface area contributed by atoms with Gasteiger partial charge in [-0.3, -0.25) is 9.59 Å². The predicted octanol–water partition coefficient (Wildman–Crippen LogP) is 3.01. The number of amides is 3. The monoisotopic (exact) mass is 417 g/mol. The summed E-state index contributed by atoms with van der Waals surface area (Å²) >= 11 is 1.25. The van der Waals surface area contributed by atoms with Crippen molar-refractivity contribution in [1.29, 1.82) is 0 Å². The second kappa shape index (κ2) is 8.52. The number of rotatable bonds is 5. The molecule has 0 saturated heterocycles. The van der Waals surface area contributed by atoms with E-state index in [9.17, 15) is 14.4 Å². The molecule has 0 atom stereocenters. The molecule has 2 heterocycles. The smallest absolute Gasteiger partial charge is 0.409 e. The Kier molecular flexibility index (Phi) is 6.07. The van der Waals surface area contributed by atoms with Gasteiger partial charge in [-0.2, -0.15) is 0 Å². The van der Waals surface area contributed by atoms with Crippen LogP contribution in [0.25, 0.3) is 0 Å². The first-order valence-corrected chi connectivity index (χ1v) is 9.97. The van der Waals surface area contributed by atoms with Gasteiger partial charge in [0.15, 0.2) is 0 Å². The molecule has 1 aromatic carbocycles. The number of benzene rings is 1. The normalized spacial score (nSPS) is 13.0. The molecule has 8 nitrogen and oxygen atoms in total. The van der Waals surface area contributed by atoms with E-state index in [4.69, 9.17) is 15.2 Å². The van der Waals surface area contributed by atoms with E-state index in [1.807, 2.05) is 13.8 Å². The molecule has 0 saturated carbocycles. The van der Waals surface area contributed by atoms with E-state index in [0.717, 1.165) is 10.4 Å². The van der Waals surface area contributed by atoms with Gasteiger partial charge in [-0.25, -0.2) is 4.79 Å². The largest absolute Gasteiger partial charge is 0.491 e. The highest BCUT2D eigenvalue weighted by Crippen LogP contribution is 2.37. The van der Waals surface area contributed by atoms with Gasteiger partial charge in [0.1, 0.15) is 10.8 Å². The van der Waals surface area contributed by atoms with E-state index >= 15 is 0 Å². The van der Waals surface area contributed by atoms with Gasteiger partial charge in [0.05, 0.1) is 25.3 Å². The van der Waals surface area contributed by atoms with Gasteiger partial charge in [-0.15, -0.1) is 11.3 Å². The average molecular weight is 417 g/mol. The first kappa shape index (κ1) is 20.7. The third-order valence-corrected chi connectivity index (χ3v) is 5.58. The average Bonchev–Trinajstić information content (AvgIpc) is 3.04. The van der Waals surface area contributed by atoms with Crippen LogP contribution in [0.1, 0.15) is 45.0 Å². The topological polar surface area (TPSA) is 111 Å². The number of primary amides is 1. The van der Waals surface area contributed by atoms with E-state index in [2.05, 4.69) is 5.32 Å². The molecule has 1 aliphatic heterocycles. The molecule has 3 rings (SSSR count). The third kappa shape index (κ3) is 4.51. The van der Waals surface area contributed by atoms with Crippen molar-refractivity contribution in [3.63, 3.8) is 0 Å². The molecule has 3 amide bonds. The molecule has 154 valence electrons. The minimum Gasteiger partial charge on any atom is -0.491 e. The zero-order valence-corrected chi connectivity index (χ0v) is 17.3. The minimum absolute atomic E-state index is 0.0368. The second-order valence-corrected chi connectivity index (χ2v) is 7.96.